The fraction of sp³-hybridized carbons (Fsp3) is 0.296. The van der Waals surface area contributed by atoms with E-state index in [2.05, 4.69) is 4.90 Å². The average molecular weight is 463 g/mol. The van der Waals surface area contributed by atoms with Crippen LogP contribution in [-0.4, -0.2) is 65.9 Å². The molecule has 0 bridgehead atoms. The third-order valence-corrected chi connectivity index (χ3v) is 5.99. The largest absolute Gasteiger partial charge is 0.503 e. The molecule has 0 spiro atoms. The van der Waals surface area contributed by atoms with E-state index in [1.54, 1.807) is 30.3 Å². The van der Waals surface area contributed by atoms with Crippen molar-refractivity contribution in [3.05, 3.63) is 88.7 Å². The summed E-state index contributed by atoms with van der Waals surface area (Å²) in [6.07, 6.45) is 3.03. The second-order valence-electron chi connectivity index (χ2n) is 7.91. The van der Waals surface area contributed by atoms with Crippen LogP contribution in [0, 0.1) is 0 Å². The summed E-state index contributed by atoms with van der Waals surface area (Å²) in [6, 6.07) is 15.1. The number of hydrogen-bond donors (Lipinski definition) is 1. The molecule has 1 amide bonds. The van der Waals surface area contributed by atoms with Gasteiger partial charge in [-0.15, -0.1) is 0 Å². The lowest BCUT2D eigenvalue weighted by Gasteiger charge is -2.29. The molecule has 0 fully saturated rings. The van der Waals surface area contributed by atoms with Gasteiger partial charge in [0.05, 0.1) is 24.3 Å². The number of hydrogen-bond acceptors (Lipinski definition) is 6. The Morgan fingerprint density at radius 2 is 1.71 bits per heavy atom. The van der Waals surface area contributed by atoms with Crippen LogP contribution in [0.4, 0.5) is 0 Å². The van der Waals surface area contributed by atoms with Crippen molar-refractivity contribution < 1.29 is 24.2 Å². The second-order valence-corrected chi connectivity index (χ2v) is 7.91. The fourth-order valence-corrected chi connectivity index (χ4v) is 4.02. The summed E-state index contributed by atoms with van der Waals surface area (Å²) in [5.41, 5.74) is 1.84. The number of benzene rings is 2. The molecule has 0 saturated carbocycles. The molecule has 0 saturated heterocycles. The van der Waals surface area contributed by atoms with E-state index in [1.807, 2.05) is 44.2 Å². The van der Waals surface area contributed by atoms with Gasteiger partial charge >= 0.3 is 5.97 Å². The number of methoxy groups -OCH3 is 1. The lowest BCUT2D eigenvalue weighted by Crippen LogP contribution is -2.38. The third-order valence-electron chi connectivity index (χ3n) is 5.99. The van der Waals surface area contributed by atoms with Gasteiger partial charge in [-0.2, -0.15) is 0 Å². The van der Waals surface area contributed by atoms with Gasteiger partial charge < -0.3 is 19.6 Å². The van der Waals surface area contributed by atoms with Crippen LogP contribution in [0.1, 0.15) is 41.4 Å². The van der Waals surface area contributed by atoms with Crippen LogP contribution in [0.25, 0.3) is 6.08 Å². The number of aliphatic hydroxyl groups excluding tert-OH is 1. The zero-order valence-electron chi connectivity index (χ0n) is 19.7. The van der Waals surface area contributed by atoms with Crippen molar-refractivity contribution in [3.63, 3.8) is 0 Å². The normalized spacial score (nSPS) is 16.1. The maximum Gasteiger partial charge on any atom is 0.337 e. The highest BCUT2D eigenvalue weighted by molar-refractivity contribution is 6.14. The van der Waals surface area contributed by atoms with Gasteiger partial charge in [-0.1, -0.05) is 62.4 Å². The highest BCUT2D eigenvalue weighted by atomic mass is 16.5. The van der Waals surface area contributed by atoms with Gasteiger partial charge in [-0.05, 0) is 42.4 Å². The van der Waals surface area contributed by atoms with E-state index in [0.717, 1.165) is 18.7 Å². The molecule has 1 heterocycles. The fourth-order valence-electron chi connectivity index (χ4n) is 4.02. The van der Waals surface area contributed by atoms with Gasteiger partial charge in [0.1, 0.15) is 0 Å². The van der Waals surface area contributed by atoms with Crippen LogP contribution in [0.15, 0.2) is 72.0 Å². The van der Waals surface area contributed by atoms with Crippen LogP contribution < -0.4 is 0 Å². The summed E-state index contributed by atoms with van der Waals surface area (Å²) in [4.78, 5) is 41.8. The smallest absolute Gasteiger partial charge is 0.337 e. The SMILES string of the molecule is CCN(CC)CCN1C(=O)C(O)=C(C(=O)C=Cc2ccccc2)C1c1ccc(C(=O)OC)cc1. The minimum absolute atomic E-state index is 0.0301. The van der Waals surface area contributed by atoms with E-state index in [-0.39, 0.29) is 5.57 Å². The number of carbonyl (C=O) groups is 3. The van der Waals surface area contributed by atoms with Crippen LogP contribution in [0.5, 0.6) is 0 Å². The summed E-state index contributed by atoms with van der Waals surface area (Å²) >= 11 is 0. The van der Waals surface area contributed by atoms with Crippen molar-refractivity contribution in [2.75, 3.05) is 33.3 Å². The minimum atomic E-state index is -0.761. The van der Waals surface area contributed by atoms with Crippen molar-refractivity contribution in [1.82, 2.24) is 9.80 Å². The zero-order chi connectivity index (χ0) is 24.7. The third kappa shape index (κ3) is 5.43. The summed E-state index contributed by atoms with van der Waals surface area (Å²) in [7, 11) is 1.30. The Morgan fingerprint density at radius 3 is 2.29 bits per heavy atom. The number of aliphatic hydroxyl groups is 1. The Kier molecular flexibility index (Phi) is 8.38. The monoisotopic (exact) mass is 462 g/mol. The lowest BCUT2D eigenvalue weighted by molar-refractivity contribution is -0.129. The molecule has 0 radical (unpaired) electrons. The minimum Gasteiger partial charge on any atom is -0.503 e. The van der Waals surface area contributed by atoms with Gasteiger partial charge in [0.2, 0.25) is 0 Å². The van der Waals surface area contributed by atoms with Gasteiger partial charge in [-0.3, -0.25) is 9.59 Å². The molecule has 1 atom stereocenters. The number of rotatable bonds is 10. The van der Waals surface area contributed by atoms with Crippen LogP contribution in [-0.2, 0) is 14.3 Å². The molecular weight excluding hydrogens is 432 g/mol. The predicted octanol–water partition coefficient (Wildman–Crippen LogP) is 3.79. The summed E-state index contributed by atoms with van der Waals surface area (Å²) in [5.74, 6) is -2.04. The van der Waals surface area contributed by atoms with Crippen molar-refractivity contribution >= 4 is 23.7 Å². The van der Waals surface area contributed by atoms with E-state index < -0.39 is 29.5 Å². The first-order valence-electron chi connectivity index (χ1n) is 11.3. The first-order chi connectivity index (χ1) is 16.4. The first-order valence-corrected chi connectivity index (χ1v) is 11.3. The molecular formula is C27H30N2O5. The Labute approximate surface area is 199 Å². The quantitative estimate of drug-likeness (QED) is 0.427. The number of esters is 1. The number of carbonyl (C=O) groups excluding carboxylic acids is 3. The maximum absolute atomic E-state index is 13.2. The van der Waals surface area contributed by atoms with Crippen LogP contribution in [0.2, 0.25) is 0 Å². The topological polar surface area (TPSA) is 87.2 Å². The molecule has 0 aliphatic carbocycles. The molecule has 1 unspecified atom stereocenters. The Balaban J connectivity index is 1.97. The summed E-state index contributed by atoms with van der Waals surface area (Å²) < 4.78 is 4.76. The molecule has 178 valence electrons. The number of ketones is 1. The molecule has 1 aliphatic rings. The highest BCUT2D eigenvalue weighted by Crippen LogP contribution is 2.38. The van der Waals surface area contributed by atoms with Crippen molar-refractivity contribution in [2.24, 2.45) is 0 Å². The molecule has 0 aromatic heterocycles. The standard InChI is InChI=1S/C27H30N2O5/c1-4-28(5-2)17-18-29-24(20-12-14-21(15-13-20)27(33)34-3)23(25(31)26(29)32)22(30)16-11-19-9-7-6-8-10-19/h6-16,24,31H,4-5,17-18H2,1-3H3. The Bertz CT molecular complexity index is 1090. The molecule has 3 rings (SSSR count). The number of nitrogens with zero attached hydrogens (tertiary/aromatic N) is 2. The highest BCUT2D eigenvalue weighted by Gasteiger charge is 2.42. The van der Waals surface area contributed by atoms with E-state index in [1.165, 1.54) is 18.1 Å². The zero-order valence-corrected chi connectivity index (χ0v) is 19.7. The van der Waals surface area contributed by atoms with Crippen LogP contribution in [0.3, 0.4) is 0 Å². The average Bonchev–Trinajstić information content (AvgIpc) is 3.13. The Morgan fingerprint density at radius 1 is 1.06 bits per heavy atom. The maximum atomic E-state index is 13.2. The summed E-state index contributed by atoms with van der Waals surface area (Å²) in [5, 5.41) is 10.7. The van der Waals surface area contributed by atoms with Gasteiger partial charge in [0.25, 0.3) is 5.91 Å². The summed E-state index contributed by atoms with van der Waals surface area (Å²) in [6.45, 7) is 6.66. The number of allylic oxidation sites excluding steroid dienone is 1. The van der Waals surface area contributed by atoms with Crippen LogP contribution >= 0.6 is 0 Å². The van der Waals surface area contributed by atoms with Gasteiger partial charge in [0, 0.05) is 13.1 Å². The molecule has 1 N–H and O–H groups in total. The first kappa shape index (κ1) is 24.9. The number of ether oxygens (including phenoxy) is 1. The van der Waals surface area contributed by atoms with Crippen molar-refractivity contribution in [3.8, 4) is 0 Å². The number of likely N-dealkylation sites (N-methyl/N-ethyl adjacent to an activating group) is 1. The molecule has 34 heavy (non-hydrogen) atoms. The molecule has 7 heteroatoms. The van der Waals surface area contributed by atoms with E-state index in [0.29, 0.717) is 24.2 Å². The van der Waals surface area contributed by atoms with E-state index in [9.17, 15) is 19.5 Å². The predicted molar refractivity (Wildman–Crippen MR) is 130 cm³/mol. The molecule has 2 aromatic carbocycles. The van der Waals surface area contributed by atoms with Crippen molar-refractivity contribution in [2.45, 2.75) is 19.9 Å². The number of amides is 1. The Hall–Kier alpha value is -3.71. The molecule has 7 nitrogen and oxygen atoms in total. The van der Waals surface area contributed by atoms with Gasteiger partial charge in [-0.25, -0.2) is 4.79 Å². The second kappa shape index (κ2) is 11.4. The molecule has 2 aromatic rings. The van der Waals surface area contributed by atoms with E-state index >= 15 is 0 Å². The van der Waals surface area contributed by atoms with Crippen molar-refractivity contribution in [1.29, 1.82) is 0 Å². The van der Waals surface area contributed by atoms with Gasteiger partial charge in [0.15, 0.2) is 11.5 Å². The van der Waals surface area contributed by atoms with E-state index in [4.69, 9.17) is 4.74 Å². The lowest BCUT2D eigenvalue weighted by atomic mass is 9.95. The molecule has 1 aliphatic heterocycles.